The summed E-state index contributed by atoms with van der Waals surface area (Å²) < 4.78 is 5.74. The van der Waals surface area contributed by atoms with Gasteiger partial charge in [0.15, 0.2) is 0 Å². The molecule has 0 spiro atoms. The minimum atomic E-state index is -0.196. The van der Waals surface area contributed by atoms with Crippen LogP contribution in [-0.2, 0) is 0 Å². The average molecular weight is 393 g/mol. The topological polar surface area (TPSA) is 77.4 Å². The van der Waals surface area contributed by atoms with Gasteiger partial charge in [-0.15, -0.1) is 0 Å². The highest BCUT2D eigenvalue weighted by molar-refractivity contribution is 5.89. The quantitative estimate of drug-likeness (QED) is 0.676. The molecule has 152 valence electrons. The highest BCUT2D eigenvalue weighted by atomic mass is 16.5. The van der Waals surface area contributed by atoms with E-state index in [1.54, 1.807) is 48.5 Å². The van der Waals surface area contributed by atoms with Crippen LogP contribution >= 0.6 is 0 Å². The zero-order valence-electron chi connectivity index (χ0n) is 16.9. The Labute approximate surface area is 172 Å². The number of nitriles is 1. The van der Waals surface area contributed by atoms with Crippen LogP contribution < -0.4 is 15.4 Å². The molecule has 29 heavy (non-hydrogen) atoms. The number of ether oxygens (including phenoxy) is 1. The molecule has 0 aromatic heterocycles. The van der Waals surface area contributed by atoms with E-state index in [9.17, 15) is 4.79 Å². The van der Waals surface area contributed by atoms with E-state index in [4.69, 9.17) is 10.00 Å². The maximum atomic E-state index is 12.0. The second-order valence-electron chi connectivity index (χ2n) is 7.52. The predicted octanol–water partition coefficient (Wildman–Crippen LogP) is 4.59. The lowest BCUT2D eigenvalue weighted by molar-refractivity contribution is 0.190. The summed E-state index contributed by atoms with van der Waals surface area (Å²) in [5.41, 5.74) is 1.30. The molecule has 0 atom stereocenters. The van der Waals surface area contributed by atoms with E-state index < -0.39 is 0 Å². The number of carbonyl (C=O) groups is 1. The summed E-state index contributed by atoms with van der Waals surface area (Å²) in [5.74, 6) is 2.16. The number of anilines is 1. The molecule has 2 aromatic carbocycles. The highest BCUT2D eigenvalue weighted by Gasteiger charge is 2.14. The Morgan fingerprint density at radius 3 is 2.34 bits per heavy atom. The van der Waals surface area contributed by atoms with Crippen molar-refractivity contribution in [2.24, 2.45) is 5.92 Å². The summed E-state index contributed by atoms with van der Waals surface area (Å²) >= 11 is 0. The van der Waals surface area contributed by atoms with Crippen molar-refractivity contribution in [1.82, 2.24) is 10.2 Å². The molecule has 2 aromatic rings. The number of likely N-dealkylation sites (tertiary alicyclic amines) is 1. The largest absolute Gasteiger partial charge is 0.457 e. The zero-order chi connectivity index (χ0) is 20.5. The molecule has 1 saturated heterocycles. The maximum absolute atomic E-state index is 12.0. The molecule has 6 heteroatoms. The van der Waals surface area contributed by atoms with E-state index in [1.165, 1.54) is 25.9 Å². The number of amides is 2. The van der Waals surface area contributed by atoms with E-state index >= 15 is 0 Å². The van der Waals surface area contributed by atoms with Crippen molar-refractivity contribution < 1.29 is 9.53 Å². The van der Waals surface area contributed by atoms with Crippen LogP contribution in [0.3, 0.4) is 0 Å². The van der Waals surface area contributed by atoms with E-state index in [-0.39, 0.29) is 6.03 Å². The van der Waals surface area contributed by atoms with Gasteiger partial charge in [-0.3, -0.25) is 0 Å². The van der Waals surface area contributed by atoms with Crippen LogP contribution in [0.2, 0.25) is 0 Å². The first-order valence-electron chi connectivity index (χ1n) is 10.2. The average Bonchev–Trinajstić information content (AvgIpc) is 2.74. The smallest absolute Gasteiger partial charge is 0.319 e. The van der Waals surface area contributed by atoms with E-state index in [0.29, 0.717) is 29.3 Å². The van der Waals surface area contributed by atoms with Gasteiger partial charge in [0.05, 0.1) is 11.6 Å². The fraction of sp³-hybridized carbons (Fsp3) is 0.391. The van der Waals surface area contributed by atoms with E-state index in [0.717, 1.165) is 18.9 Å². The van der Waals surface area contributed by atoms with Crippen LogP contribution in [0.15, 0.2) is 48.5 Å². The number of urea groups is 1. The highest BCUT2D eigenvalue weighted by Crippen LogP contribution is 2.23. The molecule has 0 saturated carbocycles. The van der Waals surface area contributed by atoms with Crippen LogP contribution in [0, 0.1) is 17.2 Å². The van der Waals surface area contributed by atoms with Gasteiger partial charge in [0, 0.05) is 12.2 Å². The summed E-state index contributed by atoms with van der Waals surface area (Å²) in [6, 6.07) is 16.0. The molecule has 1 aliphatic rings. The van der Waals surface area contributed by atoms with Gasteiger partial charge in [-0.05, 0) is 93.3 Å². The van der Waals surface area contributed by atoms with Gasteiger partial charge < -0.3 is 20.3 Å². The molecule has 1 heterocycles. The van der Waals surface area contributed by atoms with Crippen LogP contribution in [0.25, 0.3) is 0 Å². The first kappa shape index (κ1) is 20.7. The van der Waals surface area contributed by atoms with Crippen molar-refractivity contribution in [2.45, 2.75) is 26.2 Å². The molecule has 2 amide bonds. The molecule has 1 fully saturated rings. The number of nitrogens with zero attached hydrogens (tertiary/aromatic N) is 2. The van der Waals surface area contributed by atoms with Crippen molar-refractivity contribution in [3.8, 4) is 17.6 Å². The third-order valence-corrected chi connectivity index (χ3v) is 5.14. The Kier molecular flexibility index (Phi) is 7.48. The number of hydrogen-bond acceptors (Lipinski definition) is 4. The van der Waals surface area contributed by atoms with Crippen molar-refractivity contribution in [2.75, 3.05) is 31.5 Å². The lowest BCUT2D eigenvalue weighted by Gasteiger charge is -2.30. The number of carbonyl (C=O) groups excluding carboxylic acids is 1. The molecule has 1 aliphatic heterocycles. The van der Waals surface area contributed by atoms with Crippen molar-refractivity contribution in [3.63, 3.8) is 0 Å². The molecule has 0 bridgehead atoms. The fourth-order valence-electron chi connectivity index (χ4n) is 3.31. The normalized spacial score (nSPS) is 14.8. The second-order valence-corrected chi connectivity index (χ2v) is 7.52. The van der Waals surface area contributed by atoms with Crippen molar-refractivity contribution >= 4 is 11.7 Å². The van der Waals surface area contributed by atoms with Gasteiger partial charge in [-0.1, -0.05) is 6.92 Å². The molecule has 3 rings (SSSR count). The summed E-state index contributed by atoms with van der Waals surface area (Å²) in [6.07, 6.45) is 3.51. The molecule has 0 radical (unpaired) electrons. The third kappa shape index (κ3) is 6.81. The number of piperidine rings is 1. The second kappa shape index (κ2) is 10.5. The maximum Gasteiger partial charge on any atom is 0.319 e. The molecule has 6 nitrogen and oxygen atoms in total. The number of nitrogens with one attached hydrogen (secondary N) is 2. The monoisotopic (exact) mass is 392 g/mol. The first-order valence-corrected chi connectivity index (χ1v) is 10.2. The van der Waals surface area contributed by atoms with Crippen LogP contribution in [-0.4, -0.2) is 37.1 Å². The van der Waals surface area contributed by atoms with Crippen molar-refractivity contribution in [3.05, 3.63) is 54.1 Å². The zero-order valence-corrected chi connectivity index (χ0v) is 16.9. The Morgan fingerprint density at radius 2 is 1.72 bits per heavy atom. The standard InChI is InChI=1S/C23H28N4O2/c1-18-11-15-27(16-12-18)14-2-13-25-23(28)26-20-5-9-22(10-6-20)29-21-7-3-19(17-24)4-8-21/h3-10,18H,2,11-16H2,1H3,(H2,25,26,28). The molecular formula is C23H28N4O2. The Morgan fingerprint density at radius 1 is 1.10 bits per heavy atom. The summed E-state index contributed by atoms with van der Waals surface area (Å²) in [6.45, 7) is 6.36. The van der Waals surface area contributed by atoms with E-state index in [2.05, 4.69) is 28.5 Å². The number of hydrogen-bond donors (Lipinski definition) is 2. The minimum Gasteiger partial charge on any atom is -0.457 e. The van der Waals surface area contributed by atoms with Crippen LogP contribution in [0.5, 0.6) is 11.5 Å². The lowest BCUT2D eigenvalue weighted by atomic mass is 9.99. The van der Waals surface area contributed by atoms with E-state index in [1.807, 2.05) is 0 Å². The summed E-state index contributed by atoms with van der Waals surface area (Å²) in [7, 11) is 0. The van der Waals surface area contributed by atoms with Crippen molar-refractivity contribution in [1.29, 1.82) is 5.26 Å². The molecule has 0 aliphatic carbocycles. The van der Waals surface area contributed by atoms with Crippen LogP contribution in [0.4, 0.5) is 10.5 Å². The number of rotatable bonds is 7. The molecule has 2 N–H and O–H groups in total. The summed E-state index contributed by atoms with van der Waals surface area (Å²) in [5, 5.41) is 14.6. The van der Waals surface area contributed by atoms with Crippen LogP contribution in [0.1, 0.15) is 31.7 Å². The SMILES string of the molecule is CC1CCN(CCCNC(=O)Nc2ccc(Oc3ccc(C#N)cc3)cc2)CC1. The van der Waals surface area contributed by atoms with Gasteiger partial charge in [-0.25, -0.2) is 4.79 Å². The third-order valence-electron chi connectivity index (χ3n) is 5.14. The summed E-state index contributed by atoms with van der Waals surface area (Å²) in [4.78, 5) is 14.5. The van der Waals surface area contributed by atoms with Gasteiger partial charge in [0.1, 0.15) is 11.5 Å². The Hall–Kier alpha value is -3.04. The van der Waals surface area contributed by atoms with Gasteiger partial charge in [0.2, 0.25) is 0 Å². The van der Waals surface area contributed by atoms with Gasteiger partial charge in [-0.2, -0.15) is 5.26 Å². The minimum absolute atomic E-state index is 0.196. The predicted molar refractivity (Wildman–Crippen MR) is 114 cm³/mol. The molecule has 0 unspecified atom stereocenters. The Balaban J connectivity index is 1.36. The Bertz CT molecular complexity index is 819. The first-order chi connectivity index (χ1) is 14.1. The molecular weight excluding hydrogens is 364 g/mol. The van der Waals surface area contributed by atoms with Gasteiger partial charge in [0.25, 0.3) is 0 Å². The van der Waals surface area contributed by atoms with Gasteiger partial charge >= 0.3 is 6.03 Å². The fourth-order valence-corrected chi connectivity index (χ4v) is 3.31. The lowest BCUT2D eigenvalue weighted by Crippen LogP contribution is -2.36. The number of benzene rings is 2.